The molecule has 6 heteroatoms. The Morgan fingerprint density at radius 3 is 2.42 bits per heavy atom. The van der Waals surface area contributed by atoms with Crippen molar-refractivity contribution in [1.29, 1.82) is 0 Å². The van der Waals surface area contributed by atoms with E-state index >= 15 is 0 Å². The molecular formula is C13H21N3O2S. The maximum Gasteiger partial charge on any atom is 0.229 e. The van der Waals surface area contributed by atoms with Crippen LogP contribution in [-0.2, 0) is 16.4 Å². The number of piperazine rings is 1. The summed E-state index contributed by atoms with van der Waals surface area (Å²) in [5, 5.41) is 3.34. The monoisotopic (exact) mass is 283 g/mol. The summed E-state index contributed by atoms with van der Waals surface area (Å²) in [6.45, 7) is 5.40. The number of hydrogen-bond acceptors (Lipinski definition) is 4. The minimum atomic E-state index is -3.18. The number of benzene rings is 1. The SMILES string of the molecule is CS(=O)(=O)Nc1ccc(CCN2CCNCC2)cc1. The van der Waals surface area contributed by atoms with E-state index in [0.717, 1.165) is 45.4 Å². The van der Waals surface area contributed by atoms with Crippen LogP contribution in [0.5, 0.6) is 0 Å². The fraction of sp³-hybridized carbons (Fsp3) is 0.538. The van der Waals surface area contributed by atoms with Crippen LogP contribution in [0, 0.1) is 0 Å². The Hall–Kier alpha value is -1.11. The van der Waals surface area contributed by atoms with Gasteiger partial charge in [0.25, 0.3) is 0 Å². The molecule has 0 aromatic heterocycles. The predicted octanol–water partition coefficient (Wildman–Crippen LogP) is 0.506. The molecule has 0 aliphatic carbocycles. The Labute approximate surface area is 115 Å². The molecule has 19 heavy (non-hydrogen) atoms. The summed E-state index contributed by atoms with van der Waals surface area (Å²) in [6.07, 6.45) is 2.16. The van der Waals surface area contributed by atoms with Gasteiger partial charge in [0.1, 0.15) is 0 Å². The second kappa shape index (κ2) is 6.36. The third-order valence-corrected chi connectivity index (χ3v) is 3.79. The molecule has 0 amide bonds. The van der Waals surface area contributed by atoms with Crippen LogP contribution >= 0.6 is 0 Å². The molecular weight excluding hydrogens is 262 g/mol. The van der Waals surface area contributed by atoms with E-state index in [1.54, 1.807) is 0 Å². The Bertz CT molecular complexity index is 493. The molecule has 0 unspecified atom stereocenters. The Morgan fingerprint density at radius 2 is 1.84 bits per heavy atom. The summed E-state index contributed by atoms with van der Waals surface area (Å²) >= 11 is 0. The summed E-state index contributed by atoms with van der Waals surface area (Å²) in [5.41, 5.74) is 1.85. The van der Waals surface area contributed by atoms with Crippen molar-refractivity contribution >= 4 is 15.7 Å². The van der Waals surface area contributed by atoms with Gasteiger partial charge in [-0.25, -0.2) is 8.42 Å². The number of nitrogens with zero attached hydrogens (tertiary/aromatic N) is 1. The Balaban J connectivity index is 1.84. The van der Waals surface area contributed by atoms with Gasteiger partial charge in [0.15, 0.2) is 0 Å². The van der Waals surface area contributed by atoms with E-state index < -0.39 is 10.0 Å². The molecule has 5 nitrogen and oxygen atoms in total. The molecule has 0 atom stereocenters. The molecule has 1 fully saturated rings. The van der Waals surface area contributed by atoms with E-state index in [9.17, 15) is 8.42 Å². The summed E-state index contributed by atoms with van der Waals surface area (Å²) in [6, 6.07) is 7.59. The molecule has 2 N–H and O–H groups in total. The number of nitrogens with one attached hydrogen (secondary N) is 2. The molecule has 1 aromatic carbocycles. The minimum absolute atomic E-state index is 0.619. The molecule has 0 saturated carbocycles. The van der Waals surface area contributed by atoms with Crippen molar-refractivity contribution in [2.75, 3.05) is 43.7 Å². The van der Waals surface area contributed by atoms with Crippen LogP contribution in [0.25, 0.3) is 0 Å². The summed E-state index contributed by atoms with van der Waals surface area (Å²) < 4.78 is 24.7. The molecule has 1 aliphatic rings. The normalized spacial score (nSPS) is 17.3. The van der Waals surface area contributed by atoms with E-state index in [-0.39, 0.29) is 0 Å². The highest BCUT2D eigenvalue weighted by Crippen LogP contribution is 2.11. The fourth-order valence-electron chi connectivity index (χ4n) is 2.18. The Kier molecular flexibility index (Phi) is 4.79. The lowest BCUT2D eigenvalue weighted by molar-refractivity contribution is 0.244. The van der Waals surface area contributed by atoms with Gasteiger partial charge in [-0.05, 0) is 24.1 Å². The average molecular weight is 283 g/mol. The van der Waals surface area contributed by atoms with Crippen LogP contribution in [0.15, 0.2) is 24.3 Å². The number of sulfonamides is 1. The van der Waals surface area contributed by atoms with Gasteiger partial charge in [-0.15, -0.1) is 0 Å². The highest BCUT2D eigenvalue weighted by Gasteiger charge is 2.09. The maximum absolute atomic E-state index is 11.1. The first-order valence-corrected chi connectivity index (χ1v) is 8.42. The lowest BCUT2D eigenvalue weighted by atomic mass is 10.1. The van der Waals surface area contributed by atoms with Crippen LogP contribution in [0.1, 0.15) is 5.56 Å². The van der Waals surface area contributed by atoms with Gasteiger partial charge in [0, 0.05) is 38.4 Å². The lowest BCUT2D eigenvalue weighted by Crippen LogP contribution is -2.44. The molecule has 2 rings (SSSR count). The van der Waals surface area contributed by atoms with Gasteiger partial charge < -0.3 is 10.2 Å². The summed E-state index contributed by atoms with van der Waals surface area (Å²) in [7, 11) is -3.18. The van der Waals surface area contributed by atoms with Gasteiger partial charge in [-0.1, -0.05) is 12.1 Å². The van der Waals surface area contributed by atoms with Crippen molar-refractivity contribution in [2.24, 2.45) is 0 Å². The van der Waals surface area contributed by atoms with E-state index in [1.165, 1.54) is 5.56 Å². The van der Waals surface area contributed by atoms with E-state index in [4.69, 9.17) is 0 Å². The molecule has 0 bridgehead atoms. The van der Waals surface area contributed by atoms with Crippen LogP contribution in [0.2, 0.25) is 0 Å². The van der Waals surface area contributed by atoms with Crippen molar-refractivity contribution in [2.45, 2.75) is 6.42 Å². The molecule has 1 heterocycles. The standard InChI is InChI=1S/C13H21N3O2S/c1-19(17,18)15-13-4-2-12(3-5-13)6-9-16-10-7-14-8-11-16/h2-5,14-15H,6-11H2,1H3. The van der Waals surface area contributed by atoms with E-state index in [1.807, 2.05) is 24.3 Å². The van der Waals surface area contributed by atoms with Gasteiger partial charge in [-0.2, -0.15) is 0 Å². The Morgan fingerprint density at radius 1 is 1.21 bits per heavy atom. The van der Waals surface area contributed by atoms with Crippen molar-refractivity contribution < 1.29 is 8.42 Å². The molecule has 0 spiro atoms. The molecule has 0 radical (unpaired) electrons. The summed E-state index contributed by atoms with van der Waals surface area (Å²) in [4.78, 5) is 2.44. The van der Waals surface area contributed by atoms with Crippen LogP contribution < -0.4 is 10.0 Å². The third-order valence-electron chi connectivity index (χ3n) is 3.18. The van der Waals surface area contributed by atoms with Gasteiger partial charge in [0.2, 0.25) is 10.0 Å². The number of rotatable bonds is 5. The summed E-state index contributed by atoms with van der Waals surface area (Å²) in [5.74, 6) is 0. The lowest BCUT2D eigenvalue weighted by Gasteiger charge is -2.27. The first kappa shape index (κ1) is 14.3. The smallest absolute Gasteiger partial charge is 0.229 e. The van der Waals surface area contributed by atoms with Crippen LogP contribution in [0.3, 0.4) is 0 Å². The van der Waals surface area contributed by atoms with Crippen LogP contribution in [0.4, 0.5) is 5.69 Å². The fourth-order valence-corrected chi connectivity index (χ4v) is 2.74. The second-order valence-corrected chi connectivity index (χ2v) is 6.66. The largest absolute Gasteiger partial charge is 0.314 e. The minimum Gasteiger partial charge on any atom is -0.314 e. The van der Waals surface area contributed by atoms with Crippen molar-refractivity contribution in [1.82, 2.24) is 10.2 Å². The zero-order valence-electron chi connectivity index (χ0n) is 11.2. The first-order valence-electron chi connectivity index (χ1n) is 6.53. The van der Waals surface area contributed by atoms with Gasteiger partial charge in [-0.3, -0.25) is 4.72 Å². The van der Waals surface area contributed by atoms with Gasteiger partial charge in [0.05, 0.1) is 6.26 Å². The van der Waals surface area contributed by atoms with Crippen LogP contribution in [-0.4, -0.2) is 52.3 Å². The van der Waals surface area contributed by atoms with Gasteiger partial charge >= 0.3 is 0 Å². The second-order valence-electron chi connectivity index (χ2n) is 4.91. The van der Waals surface area contributed by atoms with Crippen molar-refractivity contribution in [3.8, 4) is 0 Å². The quantitative estimate of drug-likeness (QED) is 0.826. The van der Waals surface area contributed by atoms with Crippen molar-refractivity contribution in [3.05, 3.63) is 29.8 Å². The highest BCUT2D eigenvalue weighted by atomic mass is 32.2. The highest BCUT2D eigenvalue weighted by molar-refractivity contribution is 7.92. The maximum atomic E-state index is 11.1. The molecule has 1 aromatic rings. The predicted molar refractivity (Wildman–Crippen MR) is 77.9 cm³/mol. The molecule has 106 valence electrons. The molecule has 1 aliphatic heterocycles. The van der Waals surface area contributed by atoms with Crippen molar-refractivity contribution in [3.63, 3.8) is 0 Å². The van der Waals surface area contributed by atoms with E-state index in [0.29, 0.717) is 5.69 Å². The number of anilines is 1. The third kappa shape index (κ3) is 5.18. The number of hydrogen-bond donors (Lipinski definition) is 2. The zero-order valence-corrected chi connectivity index (χ0v) is 12.0. The first-order chi connectivity index (χ1) is 9.03. The zero-order chi connectivity index (χ0) is 13.7. The average Bonchev–Trinajstić information content (AvgIpc) is 2.37. The van der Waals surface area contributed by atoms with E-state index in [2.05, 4.69) is 14.9 Å². The molecule has 1 saturated heterocycles. The topological polar surface area (TPSA) is 61.4 Å².